The molecule has 1 fully saturated rings. The van der Waals surface area contributed by atoms with Gasteiger partial charge in [-0.1, -0.05) is 309 Å². The number of hydrogen-bond acceptors (Lipinski definition) is 8. The van der Waals surface area contributed by atoms with Crippen molar-refractivity contribution in [3.63, 3.8) is 0 Å². The van der Waals surface area contributed by atoms with E-state index >= 15 is 0 Å². The van der Waals surface area contributed by atoms with Crippen LogP contribution in [0.5, 0.6) is 0 Å². The Morgan fingerprint density at radius 1 is 0.446 bits per heavy atom. The topological polar surface area (TPSA) is 149 Å². The van der Waals surface area contributed by atoms with Gasteiger partial charge in [0.25, 0.3) is 0 Å². The average Bonchev–Trinajstić information content (AvgIpc) is 3.40. The molecule has 0 bridgehead atoms. The maximum atomic E-state index is 13.1. The van der Waals surface area contributed by atoms with Gasteiger partial charge in [0.2, 0.25) is 5.91 Å². The molecule has 1 amide bonds. The number of carbonyl (C=O) groups is 1. The minimum Gasteiger partial charge on any atom is -0.394 e. The lowest BCUT2D eigenvalue weighted by Gasteiger charge is -2.40. The highest BCUT2D eigenvalue weighted by molar-refractivity contribution is 5.76. The summed E-state index contributed by atoms with van der Waals surface area (Å²) in [4.78, 5) is 13.1. The van der Waals surface area contributed by atoms with Crippen LogP contribution in [0.4, 0.5) is 0 Å². The lowest BCUT2D eigenvalue weighted by Crippen LogP contribution is -2.60. The molecule has 1 heterocycles. The maximum absolute atomic E-state index is 13.1. The van der Waals surface area contributed by atoms with Crippen LogP contribution in [0.25, 0.3) is 0 Å². The summed E-state index contributed by atoms with van der Waals surface area (Å²) in [5.41, 5.74) is 0. The van der Waals surface area contributed by atoms with E-state index in [1.165, 1.54) is 276 Å². The number of ether oxygens (including phenoxy) is 2. The first kappa shape index (κ1) is 70.9. The largest absolute Gasteiger partial charge is 0.394 e. The number of rotatable bonds is 58. The minimum absolute atomic E-state index is 0.133. The first-order chi connectivity index (χ1) is 36.3. The molecule has 1 aliphatic rings. The van der Waals surface area contributed by atoms with Crippen molar-refractivity contribution in [1.29, 1.82) is 0 Å². The van der Waals surface area contributed by atoms with Crippen molar-refractivity contribution < 1.29 is 39.8 Å². The second kappa shape index (κ2) is 55.3. The van der Waals surface area contributed by atoms with Gasteiger partial charge in [0.15, 0.2) is 6.29 Å². The first-order valence-electron chi connectivity index (χ1n) is 32.9. The SMILES string of the molecule is CCCCCCCCCCCCCC/C=C\CCCCCCCCCCCCCCCCCC(=O)NC(COC1OC(CO)C(O)C(O)C1O)C(O)CCCCCCCCCCCCCCCCCCCCCC. The summed E-state index contributed by atoms with van der Waals surface area (Å²) in [6.07, 6.45) is 62.7. The molecule has 6 N–H and O–H groups in total. The van der Waals surface area contributed by atoms with E-state index < -0.39 is 49.5 Å². The van der Waals surface area contributed by atoms with Crippen LogP contribution in [-0.4, -0.2) is 87.5 Å². The van der Waals surface area contributed by atoms with Crippen molar-refractivity contribution >= 4 is 5.91 Å². The molecule has 9 nitrogen and oxygen atoms in total. The summed E-state index contributed by atoms with van der Waals surface area (Å²) in [6.45, 7) is 3.89. The Morgan fingerprint density at radius 2 is 0.757 bits per heavy atom. The van der Waals surface area contributed by atoms with E-state index in [4.69, 9.17) is 9.47 Å². The molecule has 440 valence electrons. The molecule has 7 atom stereocenters. The van der Waals surface area contributed by atoms with E-state index in [1.807, 2.05) is 0 Å². The Kier molecular flexibility index (Phi) is 53.0. The number of hydrogen-bond donors (Lipinski definition) is 6. The fourth-order valence-corrected chi connectivity index (χ4v) is 10.9. The summed E-state index contributed by atoms with van der Waals surface area (Å²) >= 11 is 0. The van der Waals surface area contributed by atoms with Crippen LogP contribution in [-0.2, 0) is 14.3 Å². The molecule has 74 heavy (non-hydrogen) atoms. The van der Waals surface area contributed by atoms with Gasteiger partial charge < -0.3 is 40.3 Å². The zero-order valence-corrected chi connectivity index (χ0v) is 49.1. The van der Waals surface area contributed by atoms with E-state index in [1.54, 1.807) is 0 Å². The van der Waals surface area contributed by atoms with Gasteiger partial charge >= 0.3 is 0 Å². The number of allylic oxidation sites excluding steroid dienone is 2. The van der Waals surface area contributed by atoms with E-state index in [9.17, 15) is 30.3 Å². The minimum atomic E-state index is -1.55. The van der Waals surface area contributed by atoms with E-state index in [2.05, 4.69) is 31.3 Å². The first-order valence-corrected chi connectivity index (χ1v) is 32.9. The Balaban J connectivity index is 2.11. The number of aliphatic hydroxyl groups excluding tert-OH is 5. The second-order valence-electron chi connectivity index (χ2n) is 23.3. The van der Waals surface area contributed by atoms with E-state index in [0.717, 1.165) is 38.5 Å². The van der Waals surface area contributed by atoms with Crippen LogP contribution < -0.4 is 5.32 Å². The number of carbonyl (C=O) groups excluding carboxylic acids is 1. The number of unbranched alkanes of at least 4 members (excludes halogenated alkanes) is 46. The maximum Gasteiger partial charge on any atom is 0.220 e. The van der Waals surface area contributed by atoms with Gasteiger partial charge in [-0.05, 0) is 38.5 Å². The highest BCUT2D eigenvalue weighted by Crippen LogP contribution is 2.24. The van der Waals surface area contributed by atoms with Crippen LogP contribution in [0, 0.1) is 0 Å². The summed E-state index contributed by atoms with van der Waals surface area (Å²) in [5, 5.41) is 54.8. The monoisotopic (exact) mass is 1050 g/mol. The summed E-state index contributed by atoms with van der Waals surface area (Å²) in [7, 11) is 0. The van der Waals surface area contributed by atoms with Crippen molar-refractivity contribution in [2.75, 3.05) is 13.2 Å². The van der Waals surface area contributed by atoms with Gasteiger partial charge in [-0.15, -0.1) is 0 Å². The van der Waals surface area contributed by atoms with Gasteiger partial charge in [0, 0.05) is 6.42 Å². The van der Waals surface area contributed by atoms with Crippen LogP contribution in [0.1, 0.15) is 341 Å². The second-order valence-corrected chi connectivity index (χ2v) is 23.3. The van der Waals surface area contributed by atoms with Crippen molar-refractivity contribution in [2.45, 2.75) is 384 Å². The van der Waals surface area contributed by atoms with Crippen LogP contribution in [0.3, 0.4) is 0 Å². The molecule has 0 aliphatic carbocycles. The molecule has 0 saturated carbocycles. The Hall–Kier alpha value is -1.07. The Labute approximate surface area is 458 Å². The Bertz CT molecular complexity index is 1170. The van der Waals surface area contributed by atoms with Gasteiger partial charge in [-0.3, -0.25) is 4.79 Å². The summed E-state index contributed by atoms with van der Waals surface area (Å²) in [6, 6.07) is -0.716. The van der Waals surface area contributed by atoms with Crippen LogP contribution in [0.15, 0.2) is 12.2 Å². The molecule has 1 saturated heterocycles. The molecule has 0 radical (unpaired) electrons. The van der Waals surface area contributed by atoms with Crippen molar-refractivity contribution in [2.24, 2.45) is 0 Å². The standard InChI is InChI=1S/C65H127NO8/c1-3-5-7-9-11-13-15-17-19-21-23-25-26-27-28-29-30-31-32-33-34-35-37-39-41-43-45-47-49-51-53-55-61(69)66-58(57-73-65-64(72)63(71)62(70)60(56-67)74-65)59(68)54-52-50-48-46-44-42-40-38-36-24-22-20-18-16-14-12-10-8-6-4-2/h27-28,58-60,62-65,67-68,70-72H,3-26,29-57H2,1-2H3,(H,66,69)/b28-27-. The van der Waals surface area contributed by atoms with Gasteiger partial charge in [0.1, 0.15) is 24.4 Å². The third-order valence-corrected chi connectivity index (χ3v) is 16.1. The number of nitrogens with one attached hydrogen (secondary N) is 1. The van der Waals surface area contributed by atoms with Crippen LogP contribution in [0.2, 0.25) is 0 Å². The van der Waals surface area contributed by atoms with Gasteiger partial charge in [-0.25, -0.2) is 0 Å². The molecule has 9 heteroatoms. The van der Waals surface area contributed by atoms with Crippen molar-refractivity contribution in [3.05, 3.63) is 12.2 Å². The molecule has 0 aromatic heterocycles. The van der Waals surface area contributed by atoms with Crippen molar-refractivity contribution in [3.8, 4) is 0 Å². The molecular formula is C65H127NO8. The average molecular weight is 1050 g/mol. The fourth-order valence-electron chi connectivity index (χ4n) is 10.9. The predicted molar refractivity (Wildman–Crippen MR) is 314 cm³/mol. The van der Waals surface area contributed by atoms with E-state index in [0.29, 0.717) is 12.8 Å². The fraction of sp³-hybridized carbons (Fsp3) is 0.954. The molecule has 0 spiro atoms. The van der Waals surface area contributed by atoms with Gasteiger partial charge in [0.05, 0.1) is 25.4 Å². The lowest BCUT2D eigenvalue weighted by atomic mass is 9.99. The van der Waals surface area contributed by atoms with Gasteiger partial charge in [-0.2, -0.15) is 0 Å². The van der Waals surface area contributed by atoms with Crippen molar-refractivity contribution in [1.82, 2.24) is 5.32 Å². The smallest absolute Gasteiger partial charge is 0.220 e. The molecule has 1 aliphatic heterocycles. The normalized spacial score (nSPS) is 18.9. The third-order valence-electron chi connectivity index (χ3n) is 16.1. The molecule has 1 rings (SSSR count). The van der Waals surface area contributed by atoms with E-state index in [-0.39, 0.29) is 12.5 Å². The lowest BCUT2D eigenvalue weighted by molar-refractivity contribution is -0.302. The number of amides is 1. The zero-order valence-electron chi connectivity index (χ0n) is 49.1. The predicted octanol–water partition coefficient (Wildman–Crippen LogP) is 17.1. The highest BCUT2D eigenvalue weighted by atomic mass is 16.7. The summed E-state index contributed by atoms with van der Waals surface area (Å²) in [5.74, 6) is -0.137. The number of aliphatic hydroxyl groups is 5. The third kappa shape index (κ3) is 43.9. The summed E-state index contributed by atoms with van der Waals surface area (Å²) < 4.78 is 11.4. The quantitative estimate of drug-likeness (QED) is 0.0261. The Morgan fingerprint density at radius 3 is 1.09 bits per heavy atom. The molecule has 0 aromatic rings. The molecule has 0 aromatic carbocycles. The zero-order chi connectivity index (χ0) is 53.6. The van der Waals surface area contributed by atoms with Crippen LogP contribution >= 0.6 is 0 Å². The highest BCUT2D eigenvalue weighted by Gasteiger charge is 2.44. The molecule has 7 unspecified atom stereocenters. The molecular weight excluding hydrogens is 923 g/mol.